The zero-order chi connectivity index (χ0) is 14.8. The van der Waals surface area contributed by atoms with E-state index in [-0.39, 0.29) is 11.7 Å². The molecule has 114 valence electrons. The Morgan fingerprint density at radius 3 is 2.71 bits per heavy atom. The largest absolute Gasteiger partial charge is 0.455 e. The van der Waals surface area contributed by atoms with Crippen LogP contribution in [0.2, 0.25) is 0 Å². The maximum Gasteiger partial charge on any atom is 0.170 e. The third-order valence-electron chi connectivity index (χ3n) is 4.50. The molecule has 2 unspecified atom stereocenters. The summed E-state index contributed by atoms with van der Waals surface area (Å²) in [6, 6.07) is 6.48. The van der Waals surface area contributed by atoms with Gasteiger partial charge < -0.3 is 14.3 Å². The van der Waals surface area contributed by atoms with Crippen LogP contribution in [0.4, 0.5) is 4.39 Å². The predicted octanol–water partition coefficient (Wildman–Crippen LogP) is 4.20. The Hall–Kier alpha value is -1.39. The van der Waals surface area contributed by atoms with Crippen molar-refractivity contribution >= 4 is 11.0 Å². The van der Waals surface area contributed by atoms with Crippen molar-refractivity contribution in [3.63, 3.8) is 0 Å². The second kappa shape index (κ2) is 6.16. The number of rotatable bonds is 4. The van der Waals surface area contributed by atoms with Crippen molar-refractivity contribution in [3.8, 4) is 0 Å². The first-order valence-electron chi connectivity index (χ1n) is 7.59. The van der Waals surface area contributed by atoms with E-state index in [2.05, 4.69) is 0 Å². The van der Waals surface area contributed by atoms with E-state index in [9.17, 15) is 9.50 Å². The third kappa shape index (κ3) is 2.83. The van der Waals surface area contributed by atoms with Gasteiger partial charge in [-0.05, 0) is 30.9 Å². The van der Waals surface area contributed by atoms with Gasteiger partial charge in [0.2, 0.25) is 0 Å². The molecule has 4 heteroatoms. The zero-order valence-corrected chi connectivity index (χ0v) is 12.2. The van der Waals surface area contributed by atoms with Gasteiger partial charge in [0.05, 0.1) is 6.10 Å². The van der Waals surface area contributed by atoms with Gasteiger partial charge in [0.25, 0.3) is 0 Å². The highest BCUT2D eigenvalue weighted by atomic mass is 19.1. The summed E-state index contributed by atoms with van der Waals surface area (Å²) in [4.78, 5) is 0. The minimum absolute atomic E-state index is 0.199. The molecular formula is C17H21FO3. The number of benzene rings is 1. The molecule has 21 heavy (non-hydrogen) atoms. The number of methoxy groups -OCH3 is 1. The van der Waals surface area contributed by atoms with Crippen LogP contribution in [0.3, 0.4) is 0 Å². The lowest BCUT2D eigenvalue weighted by Gasteiger charge is -2.31. The van der Waals surface area contributed by atoms with Gasteiger partial charge in [-0.3, -0.25) is 0 Å². The summed E-state index contributed by atoms with van der Waals surface area (Å²) in [5.74, 6) is 0.307. The van der Waals surface area contributed by atoms with Crippen LogP contribution in [0.25, 0.3) is 11.0 Å². The van der Waals surface area contributed by atoms with Crippen LogP contribution in [-0.2, 0) is 4.74 Å². The van der Waals surface area contributed by atoms with E-state index >= 15 is 0 Å². The molecule has 1 fully saturated rings. The SMILES string of the molecule is COC(C1CCCCC1)C(O)c1cc2cccc(F)c2o1. The summed E-state index contributed by atoms with van der Waals surface area (Å²) >= 11 is 0. The van der Waals surface area contributed by atoms with Gasteiger partial charge in [-0.15, -0.1) is 0 Å². The predicted molar refractivity (Wildman–Crippen MR) is 78.5 cm³/mol. The quantitative estimate of drug-likeness (QED) is 0.918. The second-order valence-electron chi connectivity index (χ2n) is 5.85. The molecular weight excluding hydrogens is 271 g/mol. The van der Waals surface area contributed by atoms with E-state index in [1.165, 1.54) is 25.3 Å². The molecule has 1 heterocycles. The Bertz CT molecular complexity index is 601. The number of para-hydroxylation sites is 1. The van der Waals surface area contributed by atoms with Crippen molar-refractivity contribution in [2.24, 2.45) is 5.92 Å². The molecule has 1 aliphatic rings. The first-order chi connectivity index (χ1) is 10.2. The molecule has 0 radical (unpaired) electrons. The standard InChI is InChI=1S/C17H21FO3/c1-20-17(11-6-3-2-4-7-11)15(19)14-10-12-8-5-9-13(18)16(12)21-14/h5,8-11,15,17,19H,2-4,6-7H2,1H3. The zero-order valence-electron chi connectivity index (χ0n) is 12.2. The van der Waals surface area contributed by atoms with Crippen LogP contribution < -0.4 is 0 Å². The summed E-state index contributed by atoms with van der Waals surface area (Å²) in [5.41, 5.74) is 0.199. The van der Waals surface area contributed by atoms with Crippen molar-refractivity contribution in [2.45, 2.75) is 44.3 Å². The lowest BCUT2D eigenvalue weighted by atomic mass is 9.83. The summed E-state index contributed by atoms with van der Waals surface area (Å²) < 4.78 is 24.8. The highest BCUT2D eigenvalue weighted by molar-refractivity contribution is 5.78. The Kier molecular flexibility index (Phi) is 4.27. The number of fused-ring (bicyclic) bond motifs is 1. The molecule has 1 N–H and O–H groups in total. The van der Waals surface area contributed by atoms with Gasteiger partial charge in [0.15, 0.2) is 11.4 Å². The minimum Gasteiger partial charge on any atom is -0.455 e. The fourth-order valence-corrected chi connectivity index (χ4v) is 3.40. The fourth-order valence-electron chi connectivity index (χ4n) is 3.40. The number of furan rings is 1. The molecule has 1 aromatic carbocycles. The number of ether oxygens (including phenoxy) is 1. The third-order valence-corrected chi connectivity index (χ3v) is 4.50. The van der Waals surface area contributed by atoms with E-state index in [0.29, 0.717) is 17.1 Å². The molecule has 0 bridgehead atoms. The number of hydrogen-bond donors (Lipinski definition) is 1. The Morgan fingerprint density at radius 2 is 2.05 bits per heavy atom. The van der Waals surface area contributed by atoms with Crippen molar-refractivity contribution in [1.82, 2.24) is 0 Å². The van der Waals surface area contributed by atoms with Gasteiger partial charge in [-0.25, -0.2) is 4.39 Å². The monoisotopic (exact) mass is 292 g/mol. The summed E-state index contributed by atoms with van der Waals surface area (Å²) in [7, 11) is 1.62. The summed E-state index contributed by atoms with van der Waals surface area (Å²) in [6.07, 6.45) is 4.56. The minimum atomic E-state index is -0.857. The number of aliphatic hydroxyl groups excluding tert-OH is 1. The topological polar surface area (TPSA) is 42.6 Å². The highest BCUT2D eigenvalue weighted by Gasteiger charge is 2.32. The van der Waals surface area contributed by atoms with Crippen molar-refractivity contribution in [3.05, 3.63) is 35.8 Å². The second-order valence-corrected chi connectivity index (χ2v) is 5.85. The van der Waals surface area contributed by atoms with Crippen LogP contribution >= 0.6 is 0 Å². The molecule has 2 aromatic rings. The van der Waals surface area contributed by atoms with Crippen LogP contribution in [0.1, 0.15) is 44.0 Å². The van der Waals surface area contributed by atoms with Gasteiger partial charge >= 0.3 is 0 Å². The van der Waals surface area contributed by atoms with Crippen LogP contribution in [-0.4, -0.2) is 18.3 Å². The average molecular weight is 292 g/mol. The van der Waals surface area contributed by atoms with Gasteiger partial charge in [-0.2, -0.15) is 0 Å². The number of halogens is 1. The molecule has 2 atom stereocenters. The molecule has 0 saturated heterocycles. The average Bonchev–Trinajstić information content (AvgIpc) is 2.95. The van der Waals surface area contributed by atoms with Crippen molar-refractivity contribution in [2.75, 3.05) is 7.11 Å². The summed E-state index contributed by atoms with van der Waals surface area (Å²) in [5, 5.41) is 11.3. The van der Waals surface area contributed by atoms with Gasteiger partial charge in [0, 0.05) is 12.5 Å². The summed E-state index contributed by atoms with van der Waals surface area (Å²) in [6.45, 7) is 0. The first-order valence-corrected chi connectivity index (χ1v) is 7.59. The van der Waals surface area contributed by atoms with E-state index in [4.69, 9.17) is 9.15 Å². The van der Waals surface area contributed by atoms with E-state index in [1.807, 2.05) is 0 Å². The van der Waals surface area contributed by atoms with Gasteiger partial charge in [-0.1, -0.05) is 31.4 Å². The van der Waals surface area contributed by atoms with E-state index < -0.39 is 11.9 Å². The molecule has 0 spiro atoms. The smallest absolute Gasteiger partial charge is 0.170 e. The van der Waals surface area contributed by atoms with E-state index in [0.717, 1.165) is 12.8 Å². The van der Waals surface area contributed by atoms with Crippen LogP contribution in [0, 0.1) is 11.7 Å². The molecule has 3 nitrogen and oxygen atoms in total. The fraction of sp³-hybridized carbons (Fsp3) is 0.529. The maximum atomic E-state index is 13.7. The molecule has 3 rings (SSSR count). The molecule has 1 aromatic heterocycles. The number of hydrogen-bond acceptors (Lipinski definition) is 3. The number of aliphatic hydroxyl groups is 1. The van der Waals surface area contributed by atoms with Crippen molar-refractivity contribution < 1.29 is 18.7 Å². The Balaban J connectivity index is 1.87. The van der Waals surface area contributed by atoms with E-state index in [1.54, 1.807) is 25.3 Å². The maximum absolute atomic E-state index is 13.7. The lowest BCUT2D eigenvalue weighted by Crippen LogP contribution is -2.31. The molecule has 1 saturated carbocycles. The molecule has 1 aliphatic carbocycles. The normalized spacial score (nSPS) is 19.8. The Labute approximate surface area is 123 Å². The highest BCUT2D eigenvalue weighted by Crippen LogP contribution is 2.36. The van der Waals surface area contributed by atoms with Crippen molar-refractivity contribution in [1.29, 1.82) is 0 Å². The van der Waals surface area contributed by atoms with Gasteiger partial charge in [0.1, 0.15) is 11.9 Å². The molecule has 0 aliphatic heterocycles. The van der Waals surface area contributed by atoms with Crippen LogP contribution in [0.15, 0.2) is 28.7 Å². The van der Waals surface area contributed by atoms with Crippen LogP contribution in [0.5, 0.6) is 0 Å². The molecule has 0 amide bonds. The Morgan fingerprint density at radius 1 is 1.29 bits per heavy atom. The lowest BCUT2D eigenvalue weighted by molar-refractivity contribution is -0.0633. The first kappa shape index (κ1) is 14.5.